The maximum atomic E-state index is 10.8. The third kappa shape index (κ3) is 2.57. The summed E-state index contributed by atoms with van der Waals surface area (Å²) in [5.74, 6) is 1.69. The van der Waals surface area contributed by atoms with Crippen LogP contribution in [-0.2, 0) is 13.1 Å². The van der Waals surface area contributed by atoms with Crippen molar-refractivity contribution in [3.05, 3.63) is 53.5 Å². The molecule has 0 radical (unpaired) electrons. The maximum absolute atomic E-state index is 10.8. The Morgan fingerprint density at radius 3 is 3.05 bits per heavy atom. The van der Waals surface area contributed by atoms with Crippen LogP contribution in [-0.4, -0.2) is 16.3 Å². The van der Waals surface area contributed by atoms with Gasteiger partial charge in [-0.1, -0.05) is 0 Å². The summed E-state index contributed by atoms with van der Waals surface area (Å²) < 4.78 is 11.1. The van der Waals surface area contributed by atoms with Crippen LogP contribution in [0.15, 0.2) is 41.0 Å². The monoisotopic (exact) mass is 321 g/mol. The lowest BCUT2D eigenvalue weighted by Crippen LogP contribution is -2.37. The Balaban J connectivity index is 1.83. The molecule has 0 spiro atoms. The topological polar surface area (TPSA) is 42.7 Å². The van der Waals surface area contributed by atoms with E-state index in [4.69, 9.17) is 9.15 Å². The van der Waals surface area contributed by atoms with Crippen molar-refractivity contribution in [1.29, 1.82) is 0 Å². The Morgan fingerprint density at radius 2 is 2.32 bits per heavy atom. The van der Waals surface area contributed by atoms with Crippen molar-refractivity contribution in [2.75, 3.05) is 0 Å². The van der Waals surface area contributed by atoms with E-state index in [1.54, 1.807) is 12.3 Å². The van der Waals surface area contributed by atoms with Gasteiger partial charge in [-0.2, -0.15) is 0 Å². The zero-order valence-corrected chi connectivity index (χ0v) is 11.7. The van der Waals surface area contributed by atoms with Crippen LogP contribution in [0.3, 0.4) is 0 Å². The van der Waals surface area contributed by atoms with E-state index in [0.717, 1.165) is 23.4 Å². The smallest absolute Gasteiger partial charge is 0.210 e. The van der Waals surface area contributed by atoms with Gasteiger partial charge in [-0.05, 0) is 46.3 Å². The summed E-state index contributed by atoms with van der Waals surface area (Å²) in [5.41, 5.74) is 1.67. The fraction of sp³-hybridized carbons (Fsp3) is 0.214. The van der Waals surface area contributed by atoms with Gasteiger partial charge >= 0.3 is 0 Å². The average Bonchev–Trinajstić information content (AvgIpc) is 2.92. The number of ether oxygens (including phenoxy) is 1. The number of fused-ring (bicyclic) bond motifs is 1. The molecule has 4 nitrogen and oxygen atoms in total. The van der Waals surface area contributed by atoms with Crippen LogP contribution >= 0.6 is 15.9 Å². The zero-order valence-electron chi connectivity index (χ0n) is 10.1. The normalized spacial score (nSPS) is 18.7. The van der Waals surface area contributed by atoms with Crippen LogP contribution in [0.25, 0.3) is 0 Å². The van der Waals surface area contributed by atoms with Gasteiger partial charge < -0.3 is 9.15 Å². The minimum Gasteiger partial charge on any atom is -0.468 e. The first kappa shape index (κ1) is 12.4. The summed E-state index contributed by atoms with van der Waals surface area (Å²) in [6.07, 6.45) is 2.50. The standard InChI is InChI=1S/C14H12BrNO3/c15-14-16(8-12-2-1-5-18-12)7-11-6-10(9-17)3-4-13(11)19-14/h1-6,9,14H,7-8H2. The minimum atomic E-state index is -0.202. The van der Waals surface area contributed by atoms with Crippen molar-refractivity contribution in [3.63, 3.8) is 0 Å². The first-order chi connectivity index (χ1) is 9.26. The molecule has 1 unspecified atom stereocenters. The van der Waals surface area contributed by atoms with Gasteiger partial charge in [0, 0.05) is 17.7 Å². The molecule has 0 fully saturated rings. The van der Waals surface area contributed by atoms with Crippen molar-refractivity contribution in [2.24, 2.45) is 0 Å². The van der Waals surface area contributed by atoms with Crippen LogP contribution in [0, 0.1) is 0 Å². The average molecular weight is 322 g/mol. The van der Waals surface area contributed by atoms with Crippen LogP contribution in [0.2, 0.25) is 0 Å². The quantitative estimate of drug-likeness (QED) is 0.495. The molecular formula is C14H12BrNO3. The molecular weight excluding hydrogens is 310 g/mol. The van der Waals surface area contributed by atoms with Crippen molar-refractivity contribution >= 4 is 22.2 Å². The number of alkyl halides is 1. The first-order valence-electron chi connectivity index (χ1n) is 5.91. The Labute approximate surface area is 119 Å². The number of furan rings is 1. The summed E-state index contributed by atoms with van der Waals surface area (Å²) in [7, 11) is 0. The molecule has 1 aromatic heterocycles. The van der Waals surface area contributed by atoms with Gasteiger partial charge in [-0.15, -0.1) is 0 Å². The number of aldehydes is 1. The fourth-order valence-electron chi connectivity index (χ4n) is 2.11. The van der Waals surface area contributed by atoms with E-state index >= 15 is 0 Å². The van der Waals surface area contributed by atoms with E-state index in [2.05, 4.69) is 20.8 Å². The molecule has 1 atom stereocenters. The van der Waals surface area contributed by atoms with E-state index in [1.807, 2.05) is 24.3 Å². The second-order valence-electron chi connectivity index (χ2n) is 4.38. The van der Waals surface area contributed by atoms with Crippen LogP contribution < -0.4 is 4.74 Å². The molecule has 5 heteroatoms. The molecule has 1 aliphatic heterocycles. The SMILES string of the molecule is O=Cc1ccc2c(c1)CN(Cc1ccco1)C(Br)O2. The first-order valence-corrected chi connectivity index (χ1v) is 6.83. The van der Waals surface area contributed by atoms with E-state index < -0.39 is 0 Å². The third-order valence-corrected chi connectivity index (χ3v) is 3.81. The molecule has 3 rings (SSSR count). The Kier molecular flexibility index (Phi) is 3.40. The van der Waals surface area contributed by atoms with Gasteiger partial charge in [0.15, 0.2) is 0 Å². The number of hydrogen-bond acceptors (Lipinski definition) is 4. The summed E-state index contributed by atoms with van der Waals surface area (Å²) in [6.45, 7) is 1.35. The maximum Gasteiger partial charge on any atom is 0.210 e. The molecule has 0 amide bonds. The fourth-order valence-corrected chi connectivity index (χ4v) is 2.60. The highest BCUT2D eigenvalue weighted by atomic mass is 79.9. The van der Waals surface area contributed by atoms with Crippen molar-refractivity contribution in [1.82, 2.24) is 4.90 Å². The summed E-state index contributed by atoms with van der Waals surface area (Å²) >= 11 is 3.50. The molecule has 2 aromatic rings. The van der Waals surface area contributed by atoms with E-state index in [1.165, 1.54) is 0 Å². The highest BCUT2D eigenvalue weighted by Gasteiger charge is 2.26. The predicted octanol–water partition coefficient (Wildman–Crippen LogP) is 3.17. The molecule has 98 valence electrons. The molecule has 0 bridgehead atoms. The van der Waals surface area contributed by atoms with Gasteiger partial charge in [0.25, 0.3) is 0 Å². The summed E-state index contributed by atoms with van der Waals surface area (Å²) in [4.78, 5) is 12.9. The van der Waals surface area contributed by atoms with E-state index in [0.29, 0.717) is 18.7 Å². The summed E-state index contributed by atoms with van der Waals surface area (Å²) in [5, 5.41) is -0.202. The third-order valence-electron chi connectivity index (χ3n) is 3.04. The Hall–Kier alpha value is -1.59. The largest absolute Gasteiger partial charge is 0.468 e. The lowest BCUT2D eigenvalue weighted by atomic mass is 10.1. The number of rotatable bonds is 3. The predicted molar refractivity (Wildman–Crippen MR) is 73.1 cm³/mol. The lowest BCUT2D eigenvalue weighted by molar-refractivity contribution is 0.0591. The van der Waals surface area contributed by atoms with E-state index in [-0.39, 0.29) is 5.14 Å². The van der Waals surface area contributed by atoms with Crippen molar-refractivity contribution < 1.29 is 13.9 Å². The van der Waals surface area contributed by atoms with Gasteiger partial charge in [-0.25, -0.2) is 4.90 Å². The molecule has 1 aromatic carbocycles. The lowest BCUT2D eigenvalue weighted by Gasteiger charge is -2.33. The highest BCUT2D eigenvalue weighted by molar-refractivity contribution is 9.09. The number of halogens is 1. The molecule has 2 heterocycles. The Bertz CT molecular complexity index is 582. The van der Waals surface area contributed by atoms with Crippen LogP contribution in [0.4, 0.5) is 0 Å². The molecule has 19 heavy (non-hydrogen) atoms. The second-order valence-corrected chi connectivity index (χ2v) is 5.16. The summed E-state index contributed by atoms with van der Waals surface area (Å²) in [6, 6.07) is 9.24. The minimum absolute atomic E-state index is 0.202. The second kappa shape index (κ2) is 5.19. The van der Waals surface area contributed by atoms with Crippen LogP contribution in [0.5, 0.6) is 5.75 Å². The number of hydrogen-bond donors (Lipinski definition) is 0. The molecule has 1 aliphatic rings. The van der Waals surface area contributed by atoms with Gasteiger partial charge in [0.05, 0.1) is 12.8 Å². The van der Waals surface area contributed by atoms with Gasteiger partial charge in [0.2, 0.25) is 5.14 Å². The molecule has 0 saturated carbocycles. The van der Waals surface area contributed by atoms with Crippen molar-refractivity contribution in [3.8, 4) is 5.75 Å². The van der Waals surface area contributed by atoms with Crippen molar-refractivity contribution in [2.45, 2.75) is 18.2 Å². The molecule has 0 N–H and O–H groups in total. The number of carbonyl (C=O) groups excluding carboxylic acids is 1. The zero-order chi connectivity index (χ0) is 13.2. The van der Waals surface area contributed by atoms with E-state index in [9.17, 15) is 4.79 Å². The number of carbonyl (C=O) groups is 1. The Morgan fingerprint density at radius 1 is 1.42 bits per heavy atom. The molecule has 0 saturated heterocycles. The van der Waals surface area contributed by atoms with Crippen LogP contribution in [0.1, 0.15) is 21.7 Å². The highest BCUT2D eigenvalue weighted by Crippen LogP contribution is 2.31. The molecule has 0 aliphatic carbocycles. The number of benzene rings is 1. The number of nitrogens with zero attached hydrogens (tertiary/aromatic N) is 1. The van der Waals surface area contributed by atoms with Gasteiger partial charge in [0.1, 0.15) is 17.8 Å². The van der Waals surface area contributed by atoms with Gasteiger partial charge in [-0.3, -0.25) is 4.79 Å².